The van der Waals surface area contributed by atoms with Gasteiger partial charge in [-0.2, -0.15) is 0 Å². The van der Waals surface area contributed by atoms with E-state index >= 15 is 0 Å². The van der Waals surface area contributed by atoms with Gasteiger partial charge in [0.1, 0.15) is 0 Å². The first-order chi connectivity index (χ1) is 12.7. The maximum absolute atomic E-state index is 12.8. The molecule has 0 spiro atoms. The van der Waals surface area contributed by atoms with Crippen LogP contribution in [0.4, 0.5) is 5.69 Å². The average Bonchev–Trinajstić information content (AvgIpc) is 2.96. The topological polar surface area (TPSA) is 49.4 Å². The van der Waals surface area contributed by atoms with Gasteiger partial charge in [0.2, 0.25) is 5.91 Å². The van der Waals surface area contributed by atoms with Crippen molar-refractivity contribution < 1.29 is 9.59 Å². The van der Waals surface area contributed by atoms with Gasteiger partial charge >= 0.3 is 0 Å². The zero-order valence-electron chi connectivity index (χ0n) is 14.4. The molecule has 1 N–H and O–H groups in total. The van der Waals surface area contributed by atoms with Crippen LogP contribution in [-0.2, 0) is 16.0 Å². The average molecular weight is 344 g/mol. The minimum atomic E-state index is -0.454. The summed E-state index contributed by atoms with van der Waals surface area (Å²) < 4.78 is 0. The van der Waals surface area contributed by atoms with Crippen molar-refractivity contribution in [1.82, 2.24) is 5.32 Å². The van der Waals surface area contributed by atoms with Crippen LogP contribution in [0.2, 0.25) is 0 Å². The quantitative estimate of drug-likeness (QED) is 0.723. The van der Waals surface area contributed by atoms with Crippen LogP contribution in [0.3, 0.4) is 0 Å². The van der Waals surface area contributed by atoms with Crippen LogP contribution in [0.15, 0.2) is 72.8 Å². The number of nitrogens with zero attached hydrogens (tertiary/aromatic N) is 1. The van der Waals surface area contributed by atoms with Crippen LogP contribution in [0, 0.1) is 0 Å². The van der Waals surface area contributed by atoms with E-state index in [1.54, 1.807) is 0 Å². The Morgan fingerprint density at radius 3 is 2.46 bits per heavy atom. The third-order valence-electron chi connectivity index (χ3n) is 4.80. The van der Waals surface area contributed by atoms with E-state index in [1.807, 2.05) is 60.7 Å². The van der Waals surface area contributed by atoms with Gasteiger partial charge < -0.3 is 5.32 Å². The molecular formula is C22H20N2O2. The summed E-state index contributed by atoms with van der Waals surface area (Å²) in [6.07, 6.45) is 1.03. The Kier molecular flexibility index (Phi) is 4.50. The lowest BCUT2D eigenvalue weighted by atomic mass is 10.1. The predicted octanol–water partition coefficient (Wildman–Crippen LogP) is 3.30. The molecule has 1 fully saturated rings. The van der Waals surface area contributed by atoms with Crippen molar-refractivity contribution in [2.24, 2.45) is 0 Å². The molecule has 3 aromatic carbocycles. The summed E-state index contributed by atoms with van der Waals surface area (Å²) in [7, 11) is 0. The Labute approximate surface area is 152 Å². The van der Waals surface area contributed by atoms with Crippen LogP contribution in [0.5, 0.6) is 0 Å². The van der Waals surface area contributed by atoms with Gasteiger partial charge in [-0.25, -0.2) is 4.90 Å². The van der Waals surface area contributed by atoms with Crippen LogP contribution < -0.4 is 10.2 Å². The number of hydrogen-bond donors (Lipinski definition) is 1. The number of rotatable bonds is 5. The maximum atomic E-state index is 12.8. The van der Waals surface area contributed by atoms with E-state index in [0.717, 1.165) is 17.2 Å². The van der Waals surface area contributed by atoms with E-state index < -0.39 is 6.04 Å². The van der Waals surface area contributed by atoms with Crippen molar-refractivity contribution in [3.63, 3.8) is 0 Å². The van der Waals surface area contributed by atoms with Gasteiger partial charge in [-0.05, 0) is 30.0 Å². The fourth-order valence-corrected chi connectivity index (χ4v) is 3.48. The van der Waals surface area contributed by atoms with Gasteiger partial charge in [-0.3, -0.25) is 9.59 Å². The highest BCUT2D eigenvalue weighted by molar-refractivity contribution is 6.25. The highest BCUT2D eigenvalue weighted by Crippen LogP contribution is 2.30. The third-order valence-corrected chi connectivity index (χ3v) is 4.80. The summed E-state index contributed by atoms with van der Waals surface area (Å²) in [6, 6.07) is 23.2. The first-order valence-corrected chi connectivity index (χ1v) is 8.86. The predicted molar refractivity (Wildman–Crippen MR) is 103 cm³/mol. The Balaban J connectivity index is 1.50. The lowest BCUT2D eigenvalue weighted by Crippen LogP contribution is -2.39. The van der Waals surface area contributed by atoms with Crippen molar-refractivity contribution in [3.05, 3.63) is 78.4 Å². The molecular weight excluding hydrogens is 324 g/mol. The standard InChI is InChI=1S/C22H20N2O2/c25-21-15-19(23-14-13-16-7-2-1-3-8-16)22(26)24(21)20-12-6-10-17-9-4-5-11-18(17)20/h1-12,19,23H,13-15H2/t19-/m0/s1. The number of anilines is 1. The van der Waals surface area contributed by atoms with Gasteiger partial charge in [0.05, 0.1) is 18.2 Å². The van der Waals surface area contributed by atoms with Crippen LogP contribution >= 0.6 is 0 Å². The van der Waals surface area contributed by atoms with Crippen molar-refractivity contribution in [1.29, 1.82) is 0 Å². The molecule has 26 heavy (non-hydrogen) atoms. The summed E-state index contributed by atoms with van der Waals surface area (Å²) >= 11 is 0. The molecule has 130 valence electrons. The SMILES string of the molecule is O=C1C[C@H](NCCc2ccccc2)C(=O)N1c1cccc2ccccc12. The molecule has 0 aliphatic carbocycles. The minimum absolute atomic E-state index is 0.149. The number of nitrogens with one attached hydrogen (secondary N) is 1. The highest BCUT2D eigenvalue weighted by Gasteiger charge is 2.39. The number of carbonyl (C=O) groups is 2. The molecule has 1 aliphatic rings. The van der Waals surface area contributed by atoms with E-state index in [1.165, 1.54) is 10.5 Å². The van der Waals surface area contributed by atoms with Crippen molar-refractivity contribution >= 4 is 28.3 Å². The van der Waals surface area contributed by atoms with E-state index in [4.69, 9.17) is 0 Å². The molecule has 0 saturated carbocycles. The fourth-order valence-electron chi connectivity index (χ4n) is 3.48. The molecule has 3 aromatic rings. The van der Waals surface area contributed by atoms with E-state index in [0.29, 0.717) is 12.2 Å². The van der Waals surface area contributed by atoms with Gasteiger partial charge in [0, 0.05) is 5.39 Å². The second-order valence-electron chi connectivity index (χ2n) is 6.51. The Morgan fingerprint density at radius 1 is 0.885 bits per heavy atom. The Bertz CT molecular complexity index is 947. The minimum Gasteiger partial charge on any atom is -0.305 e. The monoisotopic (exact) mass is 344 g/mol. The molecule has 0 bridgehead atoms. The molecule has 1 aliphatic heterocycles. The molecule has 1 atom stereocenters. The number of fused-ring (bicyclic) bond motifs is 1. The fraction of sp³-hybridized carbons (Fsp3) is 0.182. The zero-order chi connectivity index (χ0) is 17.9. The van der Waals surface area contributed by atoms with E-state index in [-0.39, 0.29) is 18.2 Å². The molecule has 1 saturated heterocycles. The van der Waals surface area contributed by atoms with E-state index in [2.05, 4.69) is 17.4 Å². The first kappa shape index (κ1) is 16.5. The number of benzene rings is 3. The number of carbonyl (C=O) groups excluding carboxylic acids is 2. The van der Waals surface area contributed by atoms with Crippen molar-refractivity contribution in [2.45, 2.75) is 18.9 Å². The van der Waals surface area contributed by atoms with E-state index in [9.17, 15) is 9.59 Å². The molecule has 4 heteroatoms. The Morgan fingerprint density at radius 2 is 1.62 bits per heavy atom. The normalized spacial score (nSPS) is 17.2. The third kappa shape index (κ3) is 3.11. The lowest BCUT2D eigenvalue weighted by molar-refractivity contribution is -0.121. The van der Waals surface area contributed by atoms with Gasteiger partial charge in [0.15, 0.2) is 0 Å². The second-order valence-corrected chi connectivity index (χ2v) is 6.51. The summed E-state index contributed by atoms with van der Waals surface area (Å²) in [6.45, 7) is 0.664. The largest absolute Gasteiger partial charge is 0.305 e. The molecule has 0 radical (unpaired) electrons. The number of hydrogen-bond acceptors (Lipinski definition) is 3. The summed E-state index contributed by atoms with van der Waals surface area (Å²) in [5.74, 6) is -0.317. The highest BCUT2D eigenvalue weighted by atomic mass is 16.2. The van der Waals surface area contributed by atoms with Crippen LogP contribution in [0.1, 0.15) is 12.0 Å². The molecule has 0 unspecified atom stereocenters. The molecule has 4 nitrogen and oxygen atoms in total. The molecule has 1 heterocycles. The summed E-state index contributed by atoms with van der Waals surface area (Å²) in [5.41, 5.74) is 1.88. The zero-order valence-corrected chi connectivity index (χ0v) is 14.4. The van der Waals surface area contributed by atoms with Crippen molar-refractivity contribution in [2.75, 3.05) is 11.4 Å². The van der Waals surface area contributed by atoms with Gasteiger partial charge in [-0.15, -0.1) is 0 Å². The summed E-state index contributed by atoms with van der Waals surface area (Å²) in [5, 5.41) is 5.18. The molecule has 2 amide bonds. The molecule has 4 rings (SSSR count). The van der Waals surface area contributed by atoms with Crippen LogP contribution in [-0.4, -0.2) is 24.4 Å². The van der Waals surface area contributed by atoms with Crippen molar-refractivity contribution in [3.8, 4) is 0 Å². The Hall–Kier alpha value is -2.98. The van der Waals surface area contributed by atoms with Gasteiger partial charge in [-0.1, -0.05) is 66.7 Å². The number of amides is 2. The lowest BCUT2D eigenvalue weighted by Gasteiger charge is -2.17. The smallest absolute Gasteiger partial charge is 0.251 e. The van der Waals surface area contributed by atoms with Crippen LogP contribution in [0.25, 0.3) is 10.8 Å². The van der Waals surface area contributed by atoms with Gasteiger partial charge in [0.25, 0.3) is 5.91 Å². The molecule has 0 aromatic heterocycles. The second kappa shape index (κ2) is 7.10. The number of imide groups is 1. The maximum Gasteiger partial charge on any atom is 0.251 e. The summed E-state index contributed by atoms with van der Waals surface area (Å²) in [4.78, 5) is 26.7. The first-order valence-electron chi connectivity index (χ1n) is 8.86.